The van der Waals surface area contributed by atoms with Crippen LogP contribution in [0.25, 0.3) is 0 Å². The lowest BCUT2D eigenvalue weighted by atomic mass is 10.0. The minimum Gasteiger partial charge on any atom is -0.335 e. The summed E-state index contributed by atoms with van der Waals surface area (Å²) in [5, 5.41) is 7.82. The second-order valence-electron chi connectivity index (χ2n) is 5.15. The first kappa shape index (κ1) is 16.9. The highest BCUT2D eigenvalue weighted by atomic mass is 19.1. The number of hydrogen-bond donors (Lipinski definition) is 3. The van der Waals surface area contributed by atoms with Crippen LogP contribution in [0.5, 0.6) is 0 Å². The van der Waals surface area contributed by atoms with E-state index < -0.39 is 5.82 Å². The fraction of sp³-hybridized carbons (Fsp3) is 0.467. The van der Waals surface area contributed by atoms with E-state index in [0.29, 0.717) is 11.6 Å². The molecule has 0 spiro atoms. The van der Waals surface area contributed by atoms with Crippen molar-refractivity contribution < 1.29 is 14.0 Å². The summed E-state index contributed by atoms with van der Waals surface area (Å²) in [5.74, 6) is -0.566. The zero-order valence-electron chi connectivity index (χ0n) is 12.8. The summed E-state index contributed by atoms with van der Waals surface area (Å²) >= 11 is 0. The van der Waals surface area contributed by atoms with Gasteiger partial charge in [0.05, 0.1) is 5.69 Å². The van der Waals surface area contributed by atoms with E-state index in [-0.39, 0.29) is 23.7 Å². The molecule has 0 saturated carbocycles. The maximum atomic E-state index is 13.5. The molecule has 0 bridgehead atoms. The van der Waals surface area contributed by atoms with E-state index in [4.69, 9.17) is 0 Å². The van der Waals surface area contributed by atoms with Gasteiger partial charge >= 0.3 is 6.03 Å². The quantitative estimate of drug-likeness (QED) is 0.779. The van der Waals surface area contributed by atoms with Crippen LogP contribution in [0.2, 0.25) is 0 Å². The summed E-state index contributed by atoms with van der Waals surface area (Å²) in [6, 6.07) is 3.69. The Morgan fingerprint density at radius 3 is 2.48 bits per heavy atom. The highest BCUT2D eigenvalue weighted by Gasteiger charge is 2.13. The van der Waals surface area contributed by atoms with Crippen LogP contribution in [0, 0.1) is 11.7 Å². The fourth-order valence-electron chi connectivity index (χ4n) is 1.76. The number of nitrogens with one attached hydrogen (secondary N) is 3. The van der Waals surface area contributed by atoms with E-state index in [1.54, 1.807) is 0 Å². The van der Waals surface area contributed by atoms with Gasteiger partial charge in [0.1, 0.15) is 5.82 Å². The average Bonchev–Trinajstić information content (AvgIpc) is 2.40. The van der Waals surface area contributed by atoms with Crippen LogP contribution in [0.4, 0.5) is 20.6 Å². The normalized spacial score (nSPS) is 13.2. The first-order valence-electron chi connectivity index (χ1n) is 6.98. The molecule has 0 aromatic heterocycles. The van der Waals surface area contributed by atoms with E-state index >= 15 is 0 Å². The Hall–Kier alpha value is -2.11. The SMILES string of the molecule is CCC(C)C(C)NC(=O)Nc1ccc(F)c(NC(C)=O)c1. The van der Waals surface area contributed by atoms with Gasteiger partial charge in [-0.05, 0) is 31.0 Å². The van der Waals surface area contributed by atoms with Crippen molar-refractivity contribution in [1.29, 1.82) is 0 Å². The molecule has 21 heavy (non-hydrogen) atoms. The Morgan fingerprint density at radius 1 is 1.24 bits per heavy atom. The van der Waals surface area contributed by atoms with Crippen molar-refractivity contribution in [3.05, 3.63) is 24.0 Å². The third kappa shape index (κ3) is 5.41. The summed E-state index contributed by atoms with van der Waals surface area (Å²) in [4.78, 5) is 22.8. The smallest absolute Gasteiger partial charge is 0.319 e. The molecule has 6 heteroatoms. The molecular weight excluding hydrogens is 273 g/mol. The third-order valence-electron chi connectivity index (χ3n) is 3.39. The summed E-state index contributed by atoms with van der Waals surface area (Å²) in [6.45, 7) is 7.33. The molecule has 116 valence electrons. The third-order valence-corrected chi connectivity index (χ3v) is 3.39. The Bertz CT molecular complexity index is 520. The Kier molecular flexibility index (Phi) is 6.14. The van der Waals surface area contributed by atoms with Gasteiger partial charge in [0.2, 0.25) is 5.91 Å². The minimum atomic E-state index is -0.552. The van der Waals surface area contributed by atoms with Crippen molar-refractivity contribution in [1.82, 2.24) is 5.32 Å². The molecule has 2 unspecified atom stereocenters. The van der Waals surface area contributed by atoms with Crippen LogP contribution in [0.3, 0.4) is 0 Å². The first-order valence-corrected chi connectivity index (χ1v) is 6.98. The van der Waals surface area contributed by atoms with Crippen LogP contribution in [0.1, 0.15) is 34.1 Å². The summed E-state index contributed by atoms with van der Waals surface area (Å²) < 4.78 is 13.5. The Balaban J connectivity index is 2.70. The van der Waals surface area contributed by atoms with Gasteiger partial charge in [-0.3, -0.25) is 4.79 Å². The Morgan fingerprint density at radius 2 is 1.90 bits per heavy atom. The zero-order chi connectivity index (χ0) is 16.0. The van der Waals surface area contributed by atoms with Crippen LogP contribution in [0.15, 0.2) is 18.2 Å². The predicted octanol–water partition coefficient (Wildman–Crippen LogP) is 3.34. The molecule has 5 nitrogen and oxygen atoms in total. The number of urea groups is 1. The highest BCUT2D eigenvalue weighted by Crippen LogP contribution is 2.19. The van der Waals surface area contributed by atoms with E-state index in [9.17, 15) is 14.0 Å². The molecule has 1 aromatic rings. The van der Waals surface area contributed by atoms with E-state index in [1.165, 1.54) is 25.1 Å². The van der Waals surface area contributed by atoms with Crippen molar-refractivity contribution >= 4 is 23.3 Å². The van der Waals surface area contributed by atoms with Gasteiger partial charge in [-0.25, -0.2) is 9.18 Å². The molecule has 1 aromatic carbocycles. The standard InChI is InChI=1S/C15H22FN3O2/c1-5-9(2)10(3)17-15(21)19-12-6-7-13(16)14(8-12)18-11(4)20/h6-10H,5H2,1-4H3,(H,18,20)(H2,17,19,21). The lowest BCUT2D eigenvalue weighted by molar-refractivity contribution is -0.114. The molecule has 0 radical (unpaired) electrons. The van der Waals surface area contributed by atoms with Gasteiger partial charge in [-0.2, -0.15) is 0 Å². The summed E-state index contributed by atoms with van der Waals surface area (Å²) in [6.07, 6.45) is 0.963. The van der Waals surface area contributed by atoms with Gasteiger partial charge in [0, 0.05) is 18.7 Å². The lowest BCUT2D eigenvalue weighted by Crippen LogP contribution is -2.39. The topological polar surface area (TPSA) is 70.2 Å². The zero-order valence-corrected chi connectivity index (χ0v) is 12.8. The maximum Gasteiger partial charge on any atom is 0.319 e. The summed E-state index contributed by atoms with van der Waals surface area (Å²) in [7, 11) is 0. The molecule has 1 rings (SSSR count). The van der Waals surface area contributed by atoms with Crippen LogP contribution >= 0.6 is 0 Å². The van der Waals surface area contributed by atoms with Crippen molar-refractivity contribution in [3.63, 3.8) is 0 Å². The van der Waals surface area contributed by atoms with E-state index in [0.717, 1.165) is 6.42 Å². The Labute approximate surface area is 124 Å². The second kappa shape index (κ2) is 7.61. The molecule has 0 heterocycles. The molecule has 0 aliphatic carbocycles. The van der Waals surface area contributed by atoms with Crippen molar-refractivity contribution in [3.8, 4) is 0 Å². The van der Waals surface area contributed by atoms with Crippen molar-refractivity contribution in [2.75, 3.05) is 10.6 Å². The monoisotopic (exact) mass is 295 g/mol. The lowest BCUT2D eigenvalue weighted by Gasteiger charge is -2.20. The van der Waals surface area contributed by atoms with Crippen molar-refractivity contribution in [2.45, 2.75) is 40.2 Å². The molecule has 0 aliphatic rings. The number of carbonyl (C=O) groups is 2. The van der Waals surface area contributed by atoms with Gasteiger partial charge < -0.3 is 16.0 Å². The van der Waals surface area contributed by atoms with Crippen LogP contribution < -0.4 is 16.0 Å². The molecular formula is C15H22FN3O2. The number of benzene rings is 1. The fourth-order valence-corrected chi connectivity index (χ4v) is 1.76. The average molecular weight is 295 g/mol. The van der Waals surface area contributed by atoms with Crippen molar-refractivity contribution in [2.24, 2.45) is 5.92 Å². The largest absolute Gasteiger partial charge is 0.335 e. The molecule has 3 N–H and O–H groups in total. The molecule has 0 saturated heterocycles. The minimum absolute atomic E-state index is 0.0327. The number of rotatable bonds is 5. The van der Waals surface area contributed by atoms with Gasteiger partial charge in [0.15, 0.2) is 0 Å². The highest BCUT2D eigenvalue weighted by molar-refractivity contribution is 5.92. The molecule has 0 fully saturated rings. The number of carbonyl (C=O) groups excluding carboxylic acids is 2. The molecule has 0 aliphatic heterocycles. The second-order valence-corrected chi connectivity index (χ2v) is 5.15. The van der Waals surface area contributed by atoms with E-state index in [2.05, 4.69) is 29.8 Å². The van der Waals surface area contributed by atoms with Gasteiger partial charge in [-0.15, -0.1) is 0 Å². The number of hydrogen-bond acceptors (Lipinski definition) is 2. The van der Waals surface area contributed by atoms with Crippen LogP contribution in [-0.2, 0) is 4.79 Å². The first-order chi connectivity index (χ1) is 9.83. The van der Waals surface area contributed by atoms with Gasteiger partial charge in [0.25, 0.3) is 0 Å². The summed E-state index contributed by atoms with van der Waals surface area (Å²) in [5.41, 5.74) is 0.448. The predicted molar refractivity (Wildman–Crippen MR) is 81.8 cm³/mol. The number of halogens is 1. The van der Waals surface area contributed by atoms with E-state index in [1.807, 2.05) is 6.92 Å². The van der Waals surface area contributed by atoms with Gasteiger partial charge in [-0.1, -0.05) is 20.3 Å². The van der Waals surface area contributed by atoms with Crippen LogP contribution in [-0.4, -0.2) is 18.0 Å². The number of anilines is 2. The maximum absolute atomic E-state index is 13.5. The number of amides is 3. The molecule has 3 amide bonds. The molecule has 2 atom stereocenters.